The van der Waals surface area contributed by atoms with Gasteiger partial charge in [-0.2, -0.15) is 0 Å². The van der Waals surface area contributed by atoms with Crippen molar-refractivity contribution in [3.63, 3.8) is 0 Å². The predicted octanol–water partition coefficient (Wildman–Crippen LogP) is 0.905. The first-order valence-corrected chi connectivity index (χ1v) is 4.60. The number of carboxylic acids is 1. The fourth-order valence-electron chi connectivity index (χ4n) is 0.766. The molecule has 0 unspecified atom stereocenters. The van der Waals surface area contributed by atoms with Gasteiger partial charge in [-0.3, -0.25) is 0 Å². The van der Waals surface area contributed by atoms with E-state index in [-0.39, 0.29) is 11.4 Å². The first kappa shape index (κ1) is 9.79. The molecule has 5 nitrogen and oxygen atoms in total. The van der Waals surface area contributed by atoms with Gasteiger partial charge in [0.25, 0.3) is 0 Å². The van der Waals surface area contributed by atoms with Crippen molar-refractivity contribution in [3.8, 4) is 5.88 Å². The molecular weight excluding hydrogens is 192 g/mol. The molecule has 0 radical (unpaired) electrons. The Morgan fingerprint density at radius 2 is 2.31 bits per heavy atom. The second-order valence-corrected chi connectivity index (χ2v) is 2.91. The van der Waals surface area contributed by atoms with E-state index < -0.39 is 5.97 Å². The van der Waals surface area contributed by atoms with Gasteiger partial charge in [0, 0.05) is 6.07 Å². The highest BCUT2D eigenvalue weighted by Crippen LogP contribution is 2.19. The van der Waals surface area contributed by atoms with Crippen molar-refractivity contribution >= 4 is 17.7 Å². The molecule has 0 amide bonds. The third kappa shape index (κ3) is 2.09. The number of thioether (sulfide) groups is 1. The van der Waals surface area contributed by atoms with Crippen molar-refractivity contribution in [2.24, 2.45) is 0 Å². The molecule has 0 spiro atoms. The molecule has 1 aromatic rings. The van der Waals surface area contributed by atoms with E-state index in [1.165, 1.54) is 24.9 Å². The van der Waals surface area contributed by atoms with E-state index in [0.29, 0.717) is 5.03 Å². The van der Waals surface area contributed by atoms with E-state index in [4.69, 9.17) is 9.84 Å². The lowest BCUT2D eigenvalue weighted by atomic mass is 10.3. The summed E-state index contributed by atoms with van der Waals surface area (Å²) in [6.45, 7) is 0. The highest BCUT2D eigenvalue weighted by molar-refractivity contribution is 7.98. The van der Waals surface area contributed by atoms with Crippen LogP contribution in [0.15, 0.2) is 11.1 Å². The zero-order valence-corrected chi connectivity index (χ0v) is 7.96. The number of aromatic carboxylic acids is 1. The van der Waals surface area contributed by atoms with Gasteiger partial charge < -0.3 is 9.84 Å². The highest BCUT2D eigenvalue weighted by Gasteiger charge is 2.12. The standard InChI is InChI=1S/C7H8N2O3S/c1-12-5-3-4(7(10)11)6(13-2)9-8-5/h3H,1-2H3,(H,10,11). The molecular formula is C7H8N2O3S. The summed E-state index contributed by atoms with van der Waals surface area (Å²) in [4.78, 5) is 10.7. The Morgan fingerprint density at radius 1 is 1.62 bits per heavy atom. The van der Waals surface area contributed by atoms with Gasteiger partial charge >= 0.3 is 5.97 Å². The molecule has 0 aromatic carbocycles. The van der Waals surface area contributed by atoms with E-state index in [1.807, 2.05) is 0 Å². The summed E-state index contributed by atoms with van der Waals surface area (Å²) in [5.74, 6) is -0.826. The van der Waals surface area contributed by atoms with Crippen LogP contribution in [0.25, 0.3) is 0 Å². The van der Waals surface area contributed by atoms with E-state index >= 15 is 0 Å². The Labute approximate surface area is 79.1 Å². The number of hydrogen-bond donors (Lipinski definition) is 1. The molecule has 1 N–H and O–H groups in total. The SMILES string of the molecule is COc1cc(C(=O)O)c(SC)nn1. The maximum atomic E-state index is 10.7. The minimum atomic E-state index is -1.03. The number of methoxy groups -OCH3 is 1. The van der Waals surface area contributed by atoms with Crippen LogP contribution in [0.3, 0.4) is 0 Å². The van der Waals surface area contributed by atoms with Crippen LogP contribution in [0.2, 0.25) is 0 Å². The van der Waals surface area contributed by atoms with E-state index in [9.17, 15) is 4.79 Å². The summed E-state index contributed by atoms with van der Waals surface area (Å²) in [6, 6.07) is 1.35. The Morgan fingerprint density at radius 3 is 2.77 bits per heavy atom. The monoisotopic (exact) mass is 200 g/mol. The predicted molar refractivity (Wildman–Crippen MR) is 47.3 cm³/mol. The maximum absolute atomic E-state index is 10.7. The molecule has 1 heterocycles. The zero-order chi connectivity index (χ0) is 9.84. The number of aromatic nitrogens is 2. The lowest BCUT2D eigenvalue weighted by Crippen LogP contribution is -2.03. The van der Waals surface area contributed by atoms with Gasteiger partial charge in [-0.15, -0.1) is 22.0 Å². The van der Waals surface area contributed by atoms with Crippen LogP contribution in [0.4, 0.5) is 0 Å². The normalized spacial score (nSPS) is 9.69. The number of carboxylic acid groups (broad SMARTS) is 1. The maximum Gasteiger partial charge on any atom is 0.338 e. The number of nitrogens with zero attached hydrogens (tertiary/aromatic N) is 2. The second-order valence-electron chi connectivity index (χ2n) is 2.11. The molecule has 0 saturated carbocycles. The summed E-state index contributed by atoms with van der Waals surface area (Å²) in [5.41, 5.74) is 0.111. The van der Waals surface area contributed by atoms with Gasteiger partial charge in [0.15, 0.2) is 0 Å². The molecule has 1 aromatic heterocycles. The summed E-state index contributed by atoms with van der Waals surface area (Å²) in [5, 5.41) is 16.5. The van der Waals surface area contributed by atoms with E-state index in [1.54, 1.807) is 6.26 Å². The smallest absolute Gasteiger partial charge is 0.338 e. The Balaban J connectivity index is 3.18. The highest BCUT2D eigenvalue weighted by atomic mass is 32.2. The first-order chi connectivity index (χ1) is 6.19. The Bertz CT molecular complexity index is 330. The fraction of sp³-hybridized carbons (Fsp3) is 0.286. The third-order valence-corrected chi connectivity index (χ3v) is 2.06. The van der Waals surface area contributed by atoms with Gasteiger partial charge in [-0.25, -0.2) is 4.79 Å². The first-order valence-electron chi connectivity index (χ1n) is 3.38. The molecule has 0 aliphatic heterocycles. The minimum Gasteiger partial charge on any atom is -0.480 e. The molecule has 6 heteroatoms. The zero-order valence-electron chi connectivity index (χ0n) is 7.14. The molecule has 0 aliphatic rings. The van der Waals surface area contributed by atoms with Gasteiger partial charge in [-0.05, 0) is 6.26 Å². The molecule has 70 valence electrons. The summed E-state index contributed by atoms with van der Waals surface area (Å²) < 4.78 is 4.76. The molecule has 0 bridgehead atoms. The molecule has 13 heavy (non-hydrogen) atoms. The van der Waals surface area contributed by atoms with Crippen LogP contribution in [-0.4, -0.2) is 34.6 Å². The van der Waals surface area contributed by atoms with Crippen molar-refractivity contribution in [1.82, 2.24) is 10.2 Å². The van der Waals surface area contributed by atoms with Crippen LogP contribution in [0.5, 0.6) is 5.88 Å². The third-order valence-electron chi connectivity index (χ3n) is 1.37. The van der Waals surface area contributed by atoms with E-state index in [0.717, 1.165) is 0 Å². The summed E-state index contributed by atoms with van der Waals surface area (Å²) >= 11 is 1.23. The minimum absolute atomic E-state index is 0.111. The largest absolute Gasteiger partial charge is 0.480 e. The molecule has 0 atom stereocenters. The van der Waals surface area contributed by atoms with Gasteiger partial charge in [0.2, 0.25) is 5.88 Å². The van der Waals surface area contributed by atoms with Crippen LogP contribution in [0.1, 0.15) is 10.4 Å². The number of ether oxygens (including phenoxy) is 1. The fourth-order valence-corrected chi connectivity index (χ4v) is 1.26. The van der Waals surface area contributed by atoms with Crippen LogP contribution in [-0.2, 0) is 0 Å². The number of hydrogen-bond acceptors (Lipinski definition) is 5. The summed E-state index contributed by atoms with van der Waals surface area (Å²) in [6.07, 6.45) is 1.74. The second kappa shape index (κ2) is 4.08. The topological polar surface area (TPSA) is 72.3 Å². The Kier molecular flexibility index (Phi) is 3.07. The van der Waals surface area contributed by atoms with Gasteiger partial charge in [0.05, 0.1) is 12.7 Å². The van der Waals surface area contributed by atoms with Crippen LogP contribution >= 0.6 is 11.8 Å². The molecule has 0 fully saturated rings. The quantitative estimate of drug-likeness (QED) is 0.731. The van der Waals surface area contributed by atoms with Crippen molar-refractivity contribution in [1.29, 1.82) is 0 Å². The summed E-state index contributed by atoms with van der Waals surface area (Å²) in [7, 11) is 1.41. The van der Waals surface area contributed by atoms with E-state index in [2.05, 4.69) is 10.2 Å². The lowest BCUT2D eigenvalue weighted by Gasteiger charge is -2.02. The van der Waals surface area contributed by atoms with Crippen LogP contribution < -0.4 is 4.74 Å². The molecule has 0 aliphatic carbocycles. The number of carbonyl (C=O) groups is 1. The van der Waals surface area contributed by atoms with Gasteiger partial charge in [0.1, 0.15) is 5.03 Å². The van der Waals surface area contributed by atoms with Crippen molar-refractivity contribution in [2.75, 3.05) is 13.4 Å². The molecule has 1 rings (SSSR count). The number of rotatable bonds is 3. The molecule has 0 saturated heterocycles. The van der Waals surface area contributed by atoms with Gasteiger partial charge in [-0.1, -0.05) is 0 Å². The lowest BCUT2D eigenvalue weighted by molar-refractivity contribution is 0.0691. The van der Waals surface area contributed by atoms with Crippen molar-refractivity contribution in [3.05, 3.63) is 11.6 Å². The van der Waals surface area contributed by atoms with Crippen molar-refractivity contribution < 1.29 is 14.6 Å². The average molecular weight is 200 g/mol. The average Bonchev–Trinajstić information content (AvgIpc) is 2.16. The Hall–Kier alpha value is -1.30. The van der Waals surface area contributed by atoms with Crippen LogP contribution in [0, 0.1) is 0 Å². The van der Waals surface area contributed by atoms with Crippen molar-refractivity contribution in [2.45, 2.75) is 5.03 Å².